The van der Waals surface area contributed by atoms with Gasteiger partial charge in [0, 0.05) is 12.1 Å². The van der Waals surface area contributed by atoms with Gasteiger partial charge in [0.15, 0.2) is 5.78 Å². The number of hydrogen-bond donors (Lipinski definition) is 1. The number of carbonyl (C=O) groups is 2. The third-order valence-electron chi connectivity index (χ3n) is 1.82. The van der Waals surface area contributed by atoms with Crippen molar-refractivity contribution in [2.75, 3.05) is 11.2 Å². The summed E-state index contributed by atoms with van der Waals surface area (Å²) in [7, 11) is 0. The minimum Gasteiger partial charge on any atom is -0.294 e. The first-order valence-electron chi connectivity index (χ1n) is 4.77. The molecule has 0 spiro atoms. The standard InChI is InChI=1S/C10H12ClN3O2/c1-6(2)9(16)14-10-12-4-3-7(13-10)8(15)5-11/h3-4,6H,5H2,1-2H3,(H,12,13,14,16). The SMILES string of the molecule is CC(C)C(=O)Nc1nccc(C(=O)CCl)n1. The van der Waals surface area contributed by atoms with Gasteiger partial charge in [0.25, 0.3) is 0 Å². The molecule has 5 nitrogen and oxygen atoms in total. The molecule has 0 aliphatic heterocycles. The second kappa shape index (κ2) is 5.55. The fraction of sp³-hybridized carbons (Fsp3) is 0.400. The van der Waals surface area contributed by atoms with E-state index in [1.807, 2.05) is 0 Å². The van der Waals surface area contributed by atoms with Crippen LogP contribution in [0.3, 0.4) is 0 Å². The minimum absolute atomic E-state index is 0.120. The Bertz CT molecular complexity index is 407. The molecule has 0 atom stereocenters. The molecule has 1 aromatic rings. The molecule has 0 bridgehead atoms. The number of hydrogen-bond acceptors (Lipinski definition) is 4. The Morgan fingerprint density at radius 2 is 2.19 bits per heavy atom. The Morgan fingerprint density at radius 3 is 2.75 bits per heavy atom. The predicted molar refractivity (Wildman–Crippen MR) is 60.6 cm³/mol. The van der Waals surface area contributed by atoms with E-state index < -0.39 is 0 Å². The molecule has 6 heteroatoms. The van der Waals surface area contributed by atoms with Gasteiger partial charge in [-0.25, -0.2) is 9.97 Å². The van der Waals surface area contributed by atoms with E-state index in [2.05, 4.69) is 15.3 Å². The summed E-state index contributed by atoms with van der Waals surface area (Å²) in [6, 6.07) is 1.45. The number of nitrogens with zero attached hydrogens (tertiary/aromatic N) is 2. The Kier molecular flexibility index (Phi) is 4.37. The van der Waals surface area contributed by atoms with Crippen molar-refractivity contribution in [3.05, 3.63) is 18.0 Å². The number of carbonyl (C=O) groups excluding carboxylic acids is 2. The highest BCUT2D eigenvalue weighted by atomic mass is 35.5. The Balaban J connectivity index is 2.83. The molecule has 0 aliphatic rings. The molecule has 1 amide bonds. The molecule has 1 aromatic heterocycles. The zero-order chi connectivity index (χ0) is 12.1. The summed E-state index contributed by atoms with van der Waals surface area (Å²) in [6.07, 6.45) is 1.41. The molecule has 1 N–H and O–H groups in total. The van der Waals surface area contributed by atoms with Crippen molar-refractivity contribution < 1.29 is 9.59 Å². The lowest BCUT2D eigenvalue weighted by Crippen LogP contribution is -2.20. The van der Waals surface area contributed by atoms with Crippen LogP contribution >= 0.6 is 11.6 Å². The molecule has 1 rings (SSSR count). The van der Waals surface area contributed by atoms with E-state index in [-0.39, 0.29) is 35.1 Å². The fourth-order valence-electron chi connectivity index (χ4n) is 0.897. The van der Waals surface area contributed by atoms with Crippen LogP contribution in [-0.4, -0.2) is 27.5 Å². The third-order valence-corrected chi connectivity index (χ3v) is 2.06. The van der Waals surface area contributed by atoms with E-state index in [9.17, 15) is 9.59 Å². The van der Waals surface area contributed by atoms with Gasteiger partial charge in [-0.15, -0.1) is 11.6 Å². The van der Waals surface area contributed by atoms with Crippen molar-refractivity contribution in [1.82, 2.24) is 9.97 Å². The molecule has 16 heavy (non-hydrogen) atoms. The van der Waals surface area contributed by atoms with Crippen molar-refractivity contribution in [2.45, 2.75) is 13.8 Å². The fourth-order valence-corrected chi connectivity index (χ4v) is 1.03. The van der Waals surface area contributed by atoms with Crippen LogP contribution in [0.15, 0.2) is 12.3 Å². The number of anilines is 1. The highest BCUT2D eigenvalue weighted by Crippen LogP contribution is 2.04. The number of alkyl halides is 1. The minimum atomic E-state index is -0.302. The average molecular weight is 242 g/mol. The molecule has 86 valence electrons. The molecule has 0 aromatic carbocycles. The van der Waals surface area contributed by atoms with Crippen molar-refractivity contribution >= 4 is 29.2 Å². The van der Waals surface area contributed by atoms with Gasteiger partial charge in [0.05, 0.1) is 5.88 Å². The van der Waals surface area contributed by atoms with Gasteiger partial charge in [-0.3, -0.25) is 14.9 Å². The lowest BCUT2D eigenvalue weighted by atomic mass is 10.2. The quantitative estimate of drug-likeness (QED) is 0.640. The van der Waals surface area contributed by atoms with E-state index in [1.165, 1.54) is 12.3 Å². The van der Waals surface area contributed by atoms with Gasteiger partial charge >= 0.3 is 0 Å². The number of nitrogens with one attached hydrogen (secondary N) is 1. The predicted octanol–water partition coefficient (Wildman–Crippen LogP) is 1.49. The third kappa shape index (κ3) is 3.27. The van der Waals surface area contributed by atoms with Crippen molar-refractivity contribution in [2.24, 2.45) is 5.92 Å². The van der Waals surface area contributed by atoms with Crippen LogP contribution in [0.4, 0.5) is 5.95 Å². The number of Topliss-reactive ketones (excluding diaryl/α,β-unsaturated/α-hetero) is 1. The molecule has 0 radical (unpaired) electrons. The number of rotatable bonds is 4. The summed E-state index contributed by atoms with van der Waals surface area (Å²) in [5.74, 6) is -0.695. The van der Waals surface area contributed by atoms with Crippen molar-refractivity contribution in [1.29, 1.82) is 0 Å². The van der Waals surface area contributed by atoms with E-state index in [1.54, 1.807) is 13.8 Å². The Labute approximate surface area is 98.2 Å². The van der Waals surface area contributed by atoms with Crippen LogP contribution in [0.25, 0.3) is 0 Å². The number of ketones is 1. The van der Waals surface area contributed by atoms with Gasteiger partial charge in [-0.05, 0) is 6.07 Å². The summed E-state index contributed by atoms with van der Waals surface area (Å²) in [4.78, 5) is 30.3. The molecule has 1 heterocycles. The maximum atomic E-state index is 11.4. The first kappa shape index (κ1) is 12.6. The van der Waals surface area contributed by atoms with Crippen LogP contribution in [0.5, 0.6) is 0 Å². The zero-order valence-electron chi connectivity index (χ0n) is 9.03. The lowest BCUT2D eigenvalue weighted by Gasteiger charge is -2.06. The molecule has 0 fully saturated rings. The average Bonchev–Trinajstić information content (AvgIpc) is 2.28. The molecule has 0 unspecified atom stereocenters. The van der Waals surface area contributed by atoms with Crippen LogP contribution in [-0.2, 0) is 4.79 Å². The molecular weight excluding hydrogens is 230 g/mol. The summed E-state index contributed by atoms with van der Waals surface area (Å²) in [6.45, 7) is 3.51. The molecular formula is C10H12ClN3O2. The van der Waals surface area contributed by atoms with Crippen LogP contribution in [0, 0.1) is 5.92 Å². The molecule has 0 aliphatic carbocycles. The maximum Gasteiger partial charge on any atom is 0.230 e. The van der Waals surface area contributed by atoms with E-state index >= 15 is 0 Å². The summed E-state index contributed by atoms with van der Waals surface area (Å²) < 4.78 is 0. The highest BCUT2D eigenvalue weighted by Gasteiger charge is 2.11. The van der Waals surface area contributed by atoms with Gasteiger partial charge in [0.1, 0.15) is 5.69 Å². The first-order chi connectivity index (χ1) is 7.54. The van der Waals surface area contributed by atoms with E-state index in [4.69, 9.17) is 11.6 Å². The Morgan fingerprint density at radius 1 is 1.50 bits per heavy atom. The number of halogens is 1. The Hall–Kier alpha value is -1.49. The molecule has 0 saturated carbocycles. The maximum absolute atomic E-state index is 11.4. The summed E-state index contributed by atoms with van der Waals surface area (Å²) in [5, 5.41) is 2.50. The first-order valence-corrected chi connectivity index (χ1v) is 5.31. The van der Waals surface area contributed by atoms with E-state index in [0.717, 1.165) is 0 Å². The van der Waals surface area contributed by atoms with Gasteiger partial charge in [-0.1, -0.05) is 13.8 Å². The van der Waals surface area contributed by atoms with E-state index in [0.29, 0.717) is 0 Å². The van der Waals surface area contributed by atoms with Gasteiger partial charge in [0.2, 0.25) is 11.9 Å². The molecule has 0 saturated heterocycles. The van der Waals surface area contributed by atoms with Crippen molar-refractivity contribution in [3.63, 3.8) is 0 Å². The largest absolute Gasteiger partial charge is 0.294 e. The normalized spacial score (nSPS) is 10.2. The summed E-state index contributed by atoms with van der Waals surface area (Å²) in [5.41, 5.74) is 0.198. The number of aromatic nitrogens is 2. The second-order valence-corrected chi connectivity index (χ2v) is 3.73. The smallest absolute Gasteiger partial charge is 0.230 e. The topological polar surface area (TPSA) is 72.0 Å². The van der Waals surface area contributed by atoms with Crippen LogP contribution in [0.1, 0.15) is 24.3 Å². The van der Waals surface area contributed by atoms with Crippen LogP contribution < -0.4 is 5.32 Å². The monoisotopic (exact) mass is 241 g/mol. The zero-order valence-corrected chi connectivity index (χ0v) is 9.78. The van der Waals surface area contributed by atoms with Gasteiger partial charge in [-0.2, -0.15) is 0 Å². The lowest BCUT2D eigenvalue weighted by molar-refractivity contribution is -0.118. The van der Waals surface area contributed by atoms with Crippen LogP contribution in [0.2, 0.25) is 0 Å². The van der Waals surface area contributed by atoms with Gasteiger partial charge < -0.3 is 0 Å². The summed E-state index contributed by atoms with van der Waals surface area (Å²) >= 11 is 5.40. The van der Waals surface area contributed by atoms with Crippen molar-refractivity contribution in [3.8, 4) is 0 Å². The highest BCUT2D eigenvalue weighted by molar-refractivity contribution is 6.30. The number of amides is 1. The second-order valence-electron chi connectivity index (χ2n) is 3.47.